The maximum atomic E-state index is 6.16. The summed E-state index contributed by atoms with van der Waals surface area (Å²) in [5, 5.41) is 0. The lowest BCUT2D eigenvalue weighted by Crippen LogP contribution is -2.45. The van der Waals surface area contributed by atoms with Gasteiger partial charge in [0.2, 0.25) is 0 Å². The van der Waals surface area contributed by atoms with E-state index >= 15 is 0 Å². The van der Waals surface area contributed by atoms with Gasteiger partial charge in [-0.3, -0.25) is 0 Å². The van der Waals surface area contributed by atoms with Gasteiger partial charge in [-0.2, -0.15) is 0 Å². The molecule has 0 aliphatic heterocycles. The van der Waals surface area contributed by atoms with Crippen LogP contribution in [0.3, 0.4) is 0 Å². The summed E-state index contributed by atoms with van der Waals surface area (Å²) in [7, 11) is -2.01. The molecular formula is C15H25IO2Si. The number of rotatable bonds is 10. The lowest BCUT2D eigenvalue weighted by molar-refractivity contribution is 0.173. The Hall–Kier alpha value is 0.0869. The molecule has 1 rings (SSSR count). The van der Waals surface area contributed by atoms with Crippen molar-refractivity contribution in [2.75, 3.05) is 17.3 Å². The van der Waals surface area contributed by atoms with Gasteiger partial charge in [0.1, 0.15) is 0 Å². The van der Waals surface area contributed by atoms with Gasteiger partial charge in [-0.15, -0.1) is 0 Å². The second-order valence-corrected chi connectivity index (χ2v) is 10.2. The molecule has 1 aromatic carbocycles. The molecular weight excluding hydrogens is 367 g/mol. The van der Waals surface area contributed by atoms with Crippen LogP contribution in [0, 0.1) is 0 Å². The monoisotopic (exact) mass is 392 g/mol. The molecule has 0 heterocycles. The van der Waals surface area contributed by atoms with E-state index in [4.69, 9.17) is 8.85 Å². The van der Waals surface area contributed by atoms with Gasteiger partial charge in [0, 0.05) is 17.3 Å². The Kier molecular flexibility index (Phi) is 8.94. The van der Waals surface area contributed by atoms with Crippen molar-refractivity contribution in [2.24, 2.45) is 0 Å². The van der Waals surface area contributed by atoms with Gasteiger partial charge >= 0.3 is 8.56 Å². The van der Waals surface area contributed by atoms with E-state index in [0.717, 1.165) is 42.6 Å². The summed E-state index contributed by atoms with van der Waals surface area (Å²) < 4.78 is 13.3. The first-order chi connectivity index (χ1) is 9.26. The third kappa shape index (κ3) is 6.38. The fraction of sp³-hybridized carbons (Fsp3) is 0.600. The molecule has 19 heavy (non-hydrogen) atoms. The van der Waals surface area contributed by atoms with E-state index in [0.29, 0.717) is 0 Å². The SMILES string of the molecule is CCCO[Si](CI)(CCc1ccccc1)OCCC. The highest BCUT2D eigenvalue weighted by Gasteiger charge is 2.35. The molecule has 0 aromatic heterocycles. The van der Waals surface area contributed by atoms with E-state index in [-0.39, 0.29) is 0 Å². The molecule has 0 aliphatic rings. The minimum absolute atomic E-state index is 0.827. The first-order valence-electron chi connectivity index (χ1n) is 7.14. The summed E-state index contributed by atoms with van der Waals surface area (Å²) in [6.07, 6.45) is 3.18. The van der Waals surface area contributed by atoms with E-state index < -0.39 is 8.56 Å². The minimum Gasteiger partial charge on any atom is -0.394 e. The van der Waals surface area contributed by atoms with E-state index in [1.54, 1.807) is 0 Å². The number of alkyl halides is 1. The van der Waals surface area contributed by atoms with Crippen LogP contribution >= 0.6 is 22.6 Å². The van der Waals surface area contributed by atoms with Gasteiger partial charge in [0.05, 0.1) is 0 Å². The molecule has 0 aliphatic carbocycles. The second kappa shape index (κ2) is 9.91. The second-order valence-electron chi connectivity index (χ2n) is 4.73. The lowest BCUT2D eigenvalue weighted by atomic mass is 10.2. The smallest absolute Gasteiger partial charge is 0.348 e. The Morgan fingerprint density at radius 3 is 2.05 bits per heavy atom. The number of halogens is 1. The van der Waals surface area contributed by atoms with Gasteiger partial charge in [0.25, 0.3) is 0 Å². The van der Waals surface area contributed by atoms with Crippen LogP contribution in [-0.4, -0.2) is 25.8 Å². The Morgan fingerprint density at radius 1 is 1.00 bits per heavy atom. The van der Waals surface area contributed by atoms with Crippen molar-refractivity contribution in [2.45, 2.75) is 39.2 Å². The van der Waals surface area contributed by atoms with Crippen molar-refractivity contribution in [1.29, 1.82) is 0 Å². The Morgan fingerprint density at radius 2 is 1.58 bits per heavy atom. The van der Waals surface area contributed by atoms with Crippen LogP contribution in [0.1, 0.15) is 32.3 Å². The van der Waals surface area contributed by atoms with Crippen molar-refractivity contribution < 1.29 is 8.85 Å². The van der Waals surface area contributed by atoms with Crippen LogP contribution in [0.5, 0.6) is 0 Å². The molecule has 2 nitrogen and oxygen atoms in total. The number of hydrogen-bond acceptors (Lipinski definition) is 2. The van der Waals surface area contributed by atoms with Gasteiger partial charge in [-0.05, 0) is 30.9 Å². The summed E-state index contributed by atoms with van der Waals surface area (Å²) >= 11 is 2.44. The highest BCUT2D eigenvalue weighted by molar-refractivity contribution is 14.1. The topological polar surface area (TPSA) is 18.5 Å². The van der Waals surface area contributed by atoms with Crippen LogP contribution in [0.4, 0.5) is 0 Å². The molecule has 0 radical (unpaired) electrons. The normalized spacial score (nSPS) is 11.7. The molecule has 4 heteroatoms. The largest absolute Gasteiger partial charge is 0.394 e. The van der Waals surface area contributed by atoms with E-state index in [9.17, 15) is 0 Å². The molecule has 0 saturated carbocycles. The number of aryl methyl sites for hydroxylation is 1. The maximum Gasteiger partial charge on any atom is 0.348 e. The molecule has 1 aromatic rings. The van der Waals surface area contributed by atoms with Crippen molar-refractivity contribution in [3.05, 3.63) is 35.9 Å². The highest BCUT2D eigenvalue weighted by Crippen LogP contribution is 2.21. The average Bonchev–Trinajstić information content (AvgIpc) is 2.48. The Bertz CT molecular complexity index is 324. The van der Waals surface area contributed by atoms with Gasteiger partial charge < -0.3 is 8.85 Å². The fourth-order valence-electron chi connectivity index (χ4n) is 1.89. The van der Waals surface area contributed by atoms with Crippen LogP contribution < -0.4 is 0 Å². The minimum atomic E-state index is -2.01. The van der Waals surface area contributed by atoms with Gasteiger partial charge in [0.15, 0.2) is 0 Å². The molecule has 0 bridgehead atoms. The van der Waals surface area contributed by atoms with E-state index in [1.807, 2.05) is 0 Å². The molecule has 108 valence electrons. The van der Waals surface area contributed by atoms with Crippen molar-refractivity contribution in [3.8, 4) is 0 Å². The quantitative estimate of drug-likeness (QED) is 0.332. The summed E-state index contributed by atoms with van der Waals surface area (Å²) in [5.74, 6) is 0. The molecule has 0 unspecified atom stereocenters. The highest BCUT2D eigenvalue weighted by atomic mass is 127. The summed E-state index contributed by atoms with van der Waals surface area (Å²) in [5.41, 5.74) is 1.38. The third-order valence-electron chi connectivity index (χ3n) is 2.98. The predicted octanol–water partition coefficient (Wildman–Crippen LogP) is 4.50. The molecule has 0 N–H and O–H groups in total. The maximum absolute atomic E-state index is 6.16. The summed E-state index contributed by atoms with van der Waals surface area (Å²) in [6.45, 7) is 5.97. The first kappa shape index (κ1) is 17.1. The zero-order valence-corrected chi connectivity index (χ0v) is 15.2. The van der Waals surface area contributed by atoms with Crippen molar-refractivity contribution in [3.63, 3.8) is 0 Å². The number of hydrogen-bond donors (Lipinski definition) is 0. The zero-order chi connectivity index (χ0) is 14.0. The molecule has 0 spiro atoms. The number of benzene rings is 1. The fourth-order valence-corrected chi connectivity index (χ4v) is 6.83. The van der Waals surface area contributed by atoms with Crippen LogP contribution in [-0.2, 0) is 15.3 Å². The third-order valence-corrected chi connectivity index (χ3v) is 9.35. The summed E-state index contributed by atoms with van der Waals surface area (Å²) in [6, 6.07) is 11.7. The van der Waals surface area contributed by atoms with E-state index in [2.05, 4.69) is 66.8 Å². The van der Waals surface area contributed by atoms with E-state index in [1.165, 1.54) is 5.56 Å². The Labute approximate surface area is 132 Å². The molecule has 0 fully saturated rings. The van der Waals surface area contributed by atoms with Gasteiger partial charge in [-0.25, -0.2) is 0 Å². The Balaban J connectivity index is 2.60. The summed E-state index contributed by atoms with van der Waals surface area (Å²) in [4.78, 5) is 0. The van der Waals surface area contributed by atoms with Crippen LogP contribution in [0.2, 0.25) is 6.04 Å². The standard InChI is InChI=1S/C15H25IO2Si/c1-3-11-17-19(14-16,18-12-4-2)13-10-15-8-6-5-7-9-15/h5-9H,3-4,10-14H2,1-2H3. The van der Waals surface area contributed by atoms with Crippen molar-refractivity contribution >= 4 is 31.2 Å². The van der Waals surface area contributed by atoms with Crippen LogP contribution in [0.25, 0.3) is 0 Å². The van der Waals surface area contributed by atoms with Crippen molar-refractivity contribution in [1.82, 2.24) is 0 Å². The van der Waals surface area contributed by atoms with Crippen LogP contribution in [0.15, 0.2) is 30.3 Å². The lowest BCUT2D eigenvalue weighted by Gasteiger charge is -2.29. The molecule has 0 atom stereocenters. The van der Waals surface area contributed by atoms with Gasteiger partial charge in [-0.1, -0.05) is 66.8 Å². The molecule has 0 saturated heterocycles. The zero-order valence-electron chi connectivity index (χ0n) is 12.0. The molecule has 0 amide bonds. The average molecular weight is 392 g/mol. The predicted molar refractivity (Wildman–Crippen MR) is 92.1 cm³/mol. The first-order valence-corrected chi connectivity index (χ1v) is 10.9.